The number of nitrogens with one attached hydrogen (secondary N) is 1. The van der Waals surface area contributed by atoms with Gasteiger partial charge in [0.15, 0.2) is 0 Å². The summed E-state index contributed by atoms with van der Waals surface area (Å²) >= 11 is 0. The first-order chi connectivity index (χ1) is 14.1. The molecular formula is C23H26N4O2. The predicted molar refractivity (Wildman–Crippen MR) is 115 cm³/mol. The summed E-state index contributed by atoms with van der Waals surface area (Å²) in [4.78, 5) is 23.6. The summed E-state index contributed by atoms with van der Waals surface area (Å²) in [6.07, 6.45) is 4.35. The van der Waals surface area contributed by atoms with Crippen molar-refractivity contribution in [2.45, 2.75) is 6.42 Å². The Morgan fingerprint density at radius 3 is 2.45 bits per heavy atom. The van der Waals surface area contributed by atoms with E-state index in [1.807, 2.05) is 62.6 Å². The normalized spacial score (nSPS) is 10.8. The van der Waals surface area contributed by atoms with Crippen molar-refractivity contribution in [1.29, 1.82) is 0 Å². The highest BCUT2D eigenvalue weighted by Gasteiger charge is 2.09. The molecule has 0 saturated carbocycles. The molecule has 0 saturated heterocycles. The van der Waals surface area contributed by atoms with Gasteiger partial charge in [0.05, 0.1) is 30.9 Å². The number of methoxy groups -OCH3 is 1. The number of benzene rings is 2. The molecule has 0 atom stereocenters. The summed E-state index contributed by atoms with van der Waals surface area (Å²) in [5, 5.41) is 2.97. The van der Waals surface area contributed by atoms with Crippen molar-refractivity contribution in [1.82, 2.24) is 20.2 Å². The van der Waals surface area contributed by atoms with Crippen LogP contribution in [0.15, 0.2) is 60.9 Å². The third-order valence-corrected chi connectivity index (χ3v) is 4.51. The van der Waals surface area contributed by atoms with Gasteiger partial charge >= 0.3 is 0 Å². The van der Waals surface area contributed by atoms with E-state index in [4.69, 9.17) is 9.72 Å². The Balaban J connectivity index is 1.75. The van der Waals surface area contributed by atoms with E-state index in [1.54, 1.807) is 19.5 Å². The zero-order chi connectivity index (χ0) is 20.6. The van der Waals surface area contributed by atoms with Crippen molar-refractivity contribution in [3.8, 4) is 28.3 Å². The van der Waals surface area contributed by atoms with Crippen LogP contribution in [0.25, 0.3) is 22.5 Å². The summed E-state index contributed by atoms with van der Waals surface area (Å²) in [6.45, 7) is 1.59. The first-order valence-electron chi connectivity index (χ1n) is 9.56. The quantitative estimate of drug-likeness (QED) is 0.596. The Morgan fingerprint density at radius 2 is 1.76 bits per heavy atom. The van der Waals surface area contributed by atoms with Gasteiger partial charge in [-0.3, -0.25) is 9.78 Å². The standard InChI is InChI=1S/C23H26N4O2/c1-27(2)13-5-12-25-23(28)19-7-4-6-18(14-19)22-16-24-15-21(26-22)17-8-10-20(29-3)11-9-17/h4,6-11,14-16H,5,12-13H2,1-3H3,(H,25,28). The van der Waals surface area contributed by atoms with Gasteiger partial charge in [0.1, 0.15) is 5.75 Å². The topological polar surface area (TPSA) is 67.3 Å². The number of amides is 1. The Bertz CT molecular complexity index is 955. The van der Waals surface area contributed by atoms with Crippen LogP contribution < -0.4 is 10.1 Å². The zero-order valence-corrected chi connectivity index (χ0v) is 17.1. The van der Waals surface area contributed by atoms with Crippen LogP contribution in [0.1, 0.15) is 16.8 Å². The van der Waals surface area contributed by atoms with Crippen molar-refractivity contribution in [2.75, 3.05) is 34.3 Å². The lowest BCUT2D eigenvalue weighted by Crippen LogP contribution is -2.27. The first kappa shape index (κ1) is 20.5. The third kappa shape index (κ3) is 5.62. The second-order valence-corrected chi connectivity index (χ2v) is 7.01. The van der Waals surface area contributed by atoms with Crippen LogP contribution in [-0.2, 0) is 0 Å². The molecule has 6 heteroatoms. The van der Waals surface area contributed by atoms with Gasteiger partial charge in [0.2, 0.25) is 0 Å². The lowest BCUT2D eigenvalue weighted by molar-refractivity contribution is 0.0952. The summed E-state index contributed by atoms with van der Waals surface area (Å²) in [6, 6.07) is 15.1. The van der Waals surface area contributed by atoms with E-state index in [0.717, 1.165) is 41.2 Å². The summed E-state index contributed by atoms with van der Waals surface area (Å²) < 4.78 is 5.20. The Kier molecular flexibility index (Phi) is 6.92. The predicted octanol–water partition coefficient (Wildman–Crippen LogP) is 3.50. The lowest BCUT2D eigenvalue weighted by atomic mass is 10.1. The fourth-order valence-corrected chi connectivity index (χ4v) is 2.92. The van der Waals surface area contributed by atoms with Crippen molar-refractivity contribution in [3.63, 3.8) is 0 Å². The highest BCUT2D eigenvalue weighted by Crippen LogP contribution is 2.24. The number of carbonyl (C=O) groups excluding carboxylic acids is 1. The molecule has 6 nitrogen and oxygen atoms in total. The van der Waals surface area contributed by atoms with Gasteiger partial charge in [-0.15, -0.1) is 0 Å². The van der Waals surface area contributed by atoms with E-state index in [2.05, 4.69) is 15.2 Å². The van der Waals surface area contributed by atoms with E-state index in [1.165, 1.54) is 0 Å². The van der Waals surface area contributed by atoms with E-state index in [-0.39, 0.29) is 5.91 Å². The Morgan fingerprint density at radius 1 is 1.03 bits per heavy atom. The zero-order valence-electron chi connectivity index (χ0n) is 17.1. The number of rotatable bonds is 8. The van der Waals surface area contributed by atoms with Crippen LogP contribution in [0, 0.1) is 0 Å². The maximum atomic E-state index is 12.4. The second kappa shape index (κ2) is 9.80. The number of aromatic nitrogens is 2. The van der Waals surface area contributed by atoms with Gasteiger partial charge in [-0.2, -0.15) is 0 Å². The average Bonchev–Trinajstić information content (AvgIpc) is 2.76. The van der Waals surface area contributed by atoms with Crippen LogP contribution in [-0.4, -0.2) is 55.1 Å². The van der Waals surface area contributed by atoms with E-state index >= 15 is 0 Å². The molecule has 3 rings (SSSR count). The van der Waals surface area contributed by atoms with Crippen molar-refractivity contribution >= 4 is 5.91 Å². The van der Waals surface area contributed by atoms with E-state index < -0.39 is 0 Å². The molecular weight excluding hydrogens is 364 g/mol. The van der Waals surface area contributed by atoms with E-state index in [9.17, 15) is 4.79 Å². The van der Waals surface area contributed by atoms with Crippen molar-refractivity contribution < 1.29 is 9.53 Å². The molecule has 0 aliphatic carbocycles. The molecule has 29 heavy (non-hydrogen) atoms. The monoisotopic (exact) mass is 390 g/mol. The molecule has 0 aliphatic rings. The second-order valence-electron chi connectivity index (χ2n) is 7.01. The van der Waals surface area contributed by atoms with Crippen LogP contribution in [0.4, 0.5) is 0 Å². The highest BCUT2D eigenvalue weighted by atomic mass is 16.5. The molecule has 1 N–H and O–H groups in total. The minimum absolute atomic E-state index is 0.0788. The largest absolute Gasteiger partial charge is 0.497 e. The van der Waals surface area contributed by atoms with Crippen LogP contribution in [0.3, 0.4) is 0 Å². The van der Waals surface area contributed by atoms with E-state index in [0.29, 0.717) is 12.1 Å². The minimum atomic E-state index is -0.0788. The van der Waals surface area contributed by atoms with Gasteiger partial charge in [-0.1, -0.05) is 12.1 Å². The van der Waals surface area contributed by atoms with Crippen molar-refractivity contribution in [3.05, 3.63) is 66.5 Å². The van der Waals surface area contributed by atoms with Gasteiger partial charge in [-0.25, -0.2) is 4.98 Å². The molecule has 1 aromatic heterocycles. The van der Waals surface area contributed by atoms with Crippen LogP contribution in [0.2, 0.25) is 0 Å². The third-order valence-electron chi connectivity index (χ3n) is 4.51. The smallest absolute Gasteiger partial charge is 0.251 e. The molecule has 0 unspecified atom stereocenters. The molecule has 1 heterocycles. The number of hydrogen-bond donors (Lipinski definition) is 1. The molecule has 0 radical (unpaired) electrons. The SMILES string of the molecule is COc1ccc(-c2cncc(-c3cccc(C(=O)NCCCN(C)C)c3)n2)cc1. The molecule has 1 amide bonds. The maximum absolute atomic E-state index is 12.4. The van der Waals surface area contributed by atoms with Crippen molar-refractivity contribution in [2.24, 2.45) is 0 Å². The molecule has 0 bridgehead atoms. The van der Waals surface area contributed by atoms with Gasteiger partial charge in [0, 0.05) is 23.2 Å². The fourth-order valence-electron chi connectivity index (χ4n) is 2.92. The molecule has 0 fully saturated rings. The van der Waals surface area contributed by atoms with Crippen LogP contribution >= 0.6 is 0 Å². The molecule has 150 valence electrons. The van der Waals surface area contributed by atoms with Gasteiger partial charge in [0.25, 0.3) is 5.91 Å². The summed E-state index contributed by atoms with van der Waals surface area (Å²) in [7, 11) is 5.68. The number of carbonyl (C=O) groups is 1. The molecule has 0 spiro atoms. The fraction of sp³-hybridized carbons (Fsp3) is 0.261. The lowest BCUT2D eigenvalue weighted by Gasteiger charge is -2.10. The number of hydrogen-bond acceptors (Lipinski definition) is 5. The molecule has 2 aromatic carbocycles. The maximum Gasteiger partial charge on any atom is 0.251 e. The first-order valence-corrected chi connectivity index (χ1v) is 9.56. The summed E-state index contributed by atoms with van der Waals surface area (Å²) in [5.74, 6) is 0.715. The average molecular weight is 390 g/mol. The Labute approximate surface area is 171 Å². The highest BCUT2D eigenvalue weighted by molar-refractivity contribution is 5.95. The molecule has 3 aromatic rings. The number of nitrogens with zero attached hydrogens (tertiary/aromatic N) is 3. The number of ether oxygens (including phenoxy) is 1. The summed E-state index contributed by atoms with van der Waals surface area (Å²) in [5.41, 5.74) is 3.91. The van der Waals surface area contributed by atoms with Gasteiger partial charge in [-0.05, 0) is 63.5 Å². The molecule has 0 aliphatic heterocycles. The van der Waals surface area contributed by atoms with Crippen LogP contribution in [0.5, 0.6) is 5.75 Å². The van der Waals surface area contributed by atoms with Gasteiger partial charge < -0.3 is 15.0 Å². The Hall–Kier alpha value is -3.25. The minimum Gasteiger partial charge on any atom is -0.497 e.